The molecule has 0 fully saturated rings. The molecule has 0 atom stereocenters. The number of hydrogen-bond donors (Lipinski definition) is 1. The lowest BCUT2D eigenvalue weighted by Gasteiger charge is -2.14. The standard InChI is InChI=1S/C11H12N2O/c1-13-11-9-5-3-2-4-8(9)6-7-10(11)14-12/h3,5-7H,1-2,4,12H2. The lowest BCUT2D eigenvalue weighted by atomic mass is 9.95. The minimum atomic E-state index is 0.574. The van der Waals surface area contributed by atoms with E-state index in [1.165, 1.54) is 5.56 Å². The van der Waals surface area contributed by atoms with Gasteiger partial charge in [-0.25, -0.2) is 0 Å². The van der Waals surface area contributed by atoms with Gasteiger partial charge in [-0.15, -0.1) is 0 Å². The van der Waals surface area contributed by atoms with Crippen LogP contribution in [0.3, 0.4) is 0 Å². The first kappa shape index (κ1) is 8.97. The van der Waals surface area contributed by atoms with E-state index in [4.69, 9.17) is 10.7 Å². The molecular formula is C11H12N2O. The first-order valence-corrected chi connectivity index (χ1v) is 4.52. The number of nitrogens with two attached hydrogens (primary N) is 1. The van der Waals surface area contributed by atoms with Gasteiger partial charge in [-0.1, -0.05) is 18.2 Å². The van der Waals surface area contributed by atoms with Crippen LogP contribution < -0.4 is 10.7 Å². The van der Waals surface area contributed by atoms with E-state index in [9.17, 15) is 0 Å². The van der Waals surface area contributed by atoms with E-state index in [1.54, 1.807) is 0 Å². The molecule has 0 saturated carbocycles. The Morgan fingerprint density at radius 1 is 1.43 bits per heavy atom. The molecule has 0 heterocycles. The minimum absolute atomic E-state index is 0.574. The molecule has 0 bridgehead atoms. The number of aryl methyl sites for hydroxylation is 1. The maximum atomic E-state index is 5.15. The van der Waals surface area contributed by atoms with Gasteiger partial charge in [0, 0.05) is 5.56 Å². The van der Waals surface area contributed by atoms with Gasteiger partial charge in [-0.2, -0.15) is 5.90 Å². The third-order valence-electron chi connectivity index (χ3n) is 2.42. The van der Waals surface area contributed by atoms with Gasteiger partial charge >= 0.3 is 0 Å². The van der Waals surface area contributed by atoms with E-state index in [2.05, 4.69) is 17.8 Å². The van der Waals surface area contributed by atoms with Crippen LogP contribution in [0.25, 0.3) is 6.08 Å². The van der Waals surface area contributed by atoms with Crippen molar-refractivity contribution in [1.82, 2.24) is 0 Å². The van der Waals surface area contributed by atoms with Crippen LogP contribution in [0.5, 0.6) is 5.75 Å². The van der Waals surface area contributed by atoms with Gasteiger partial charge < -0.3 is 4.84 Å². The fourth-order valence-corrected chi connectivity index (χ4v) is 1.73. The van der Waals surface area contributed by atoms with Crippen LogP contribution in [0.1, 0.15) is 17.5 Å². The summed E-state index contributed by atoms with van der Waals surface area (Å²) in [6.45, 7) is 3.53. The summed E-state index contributed by atoms with van der Waals surface area (Å²) in [4.78, 5) is 8.68. The predicted molar refractivity (Wildman–Crippen MR) is 57.8 cm³/mol. The third kappa shape index (κ3) is 1.32. The van der Waals surface area contributed by atoms with Gasteiger partial charge in [-0.3, -0.25) is 4.99 Å². The molecule has 3 nitrogen and oxygen atoms in total. The fourth-order valence-electron chi connectivity index (χ4n) is 1.73. The quantitative estimate of drug-likeness (QED) is 0.571. The molecule has 1 aliphatic rings. The van der Waals surface area contributed by atoms with Crippen molar-refractivity contribution in [1.29, 1.82) is 0 Å². The Balaban J connectivity index is 2.63. The zero-order valence-electron chi connectivity index (χ0n) is 7.86. The van der Waals surface area contributed by atoms with E-state index in [0.717, 1.165) is 24.1 Å². The van der Waals surface area contributed by atoms with Crippen LogP contribution in [0, 0.1) is 0 Å². The zero-order chi connectivity index (χ0) is 9.97. The average Bonchev–Trinajstić information content (AvgIpc) is 2.27. The van der Waals surface area contributed by atoms with Crippen molar-refractivity contribution in [2.24, 2.45) is 10.9 Å². The van der Waals surface area contributed by atoms with Crippen molar-refractivity contribution >= 4 is 18.5 Å². The van der Waals surface area contributed by atoms with Crippen LogP contribution in [0.2, 0.25) is 0 Å². The Bertz CT molecular complexity index is 397. The average molecular weight is 188 g/mol. The van der Waals surface area contributed by atoms with E-state index in [1.807, 2.05) is 18.2 Å². The van der Waals surface area contributed by atoms with Crippen LogP contribution in [0.15, 0.2) is 23.2 Å². The van der Waals surface area contributed by atoms with Gasteiger partial charge in [-0.05, 0) is 31.2 Å². The molecule has 2 rings (SSSR count). The lowest BCUT2D eigenvalue weighted by molar-refractivity contribution is 0.335. The molecule has 0 aromatic heterocycles. The van der Waals surface area contributed by atoms with Crippen LogP contribution in [-0.4, -0.2) is 6.72 Å². The number of aliphatic imine (C=N–C) groups is 1. The second-order valence-corrected chi connectivity index (χ2v) is 3.20. The van der Waals surface area contributed by atoms with Crippen molar-refractivity contribution in [3.8, 4) is 5.75 Å². The summed E-state index contributed by atoms with van der Waals surface area (Å²) in [5.74, 6) is 5.72. The van der Waals surface area contributed by atoms with Gasteiger partial charge in [0.15, 0.2) is 5.75 Å². The molecule has 1 aromatic carbocycles. The highest BCUT2D eigenvalue weighted by Crippen LogP contribution is 2.36. The van der Waals surface area contributed by atoms with Gasteiger partial charge in [0.05, 0.1) is 0 Å². The summed E-state index contributed by atoms with van der Waals surface area (Å²) in [5.41, 5.74) is 3.09. The van der Waals surface area contributed by atoms with Crippen LogP contribution in [0.4, 0.5) is 5.69 Å². The number of hydrogen-bond acceptors (Lipinski definition) is 3. The molecule has 1 aliphatic carbocycles. The molecule has 14 heavy (non-hydrogen) atoms. The molecule has 72 valence electrons. The largest absolute Gasteiger partial charge is 0.409 e. The van der Waals surface area contributed by atoms with Crippen molar-refractivity contribution < 1.29 is 4.84 Å². The Labute approximate surface area is 82.9 Å². The number of nitrogens with zero attached hydrogens (tertiary/aromatic N) is 1. The summed E-state index contributed by atoms with van der Waals surface area (Å²) in [6, 6.07) is 3.86. The number of fused-ring (bicyclic) bond motifs is 1. The normalized spacial score (nSPS) is 13.5. The number of benzene rings is 1. The van der Waals surface area contributed by atoms with E-state index < -0.39 is 0 Å². The SMILES string of the molecule is C=Nc1c(ON)ccc2c1C=CCC2. The first-order valence-electron chi connectivity index (χ1n) is 4.52. The van der Waals surface area contributed by atoms with Crippen molar-refractivity contribution in [3.63, 3.8) is 0 Å². The number of allylic oxidation sites excluding steroid dienone is 1. The van der Waals surface area contributed by atoms with E-state index >= 15 is 0 Å². The highest BCUT2D eigenvalue weighted by atomic mass is 16.6. The van der Waals surface area contributed by atoms with Gasteiger partial charge in [0.1, 0.15) is 5.69 Å². The molecule has 0 aliphatic heterocycles. The minimum Gasteiger partial charge on any atom is -0.409 e. The summed E-state index contributed by atoms with van der Waals surface area (Å²) in [7, 11) is 0. The van der Waals surface area contributed by atoms with E-state index in [-0.39, 0.29) is 0 Å². The van der Waals surface area contributed by atoms with Gasteiger partial charge in [0.25, 0.3) is 0 Å². The summed E-state index contributed by atoms with van der Waals surface area (Å²) >= 11 is 0. The Morgan fingerprint density at radius 3 is 3.00 bits per heavy atom. The Hall–Kier alpha value is -1.61. The highest BCUT2D eigenvalue weighted by Gasteiger charge is 2.12. The zero-order valence-corrected chi connectivity index (χ0v) is 7.86. The molecule has 0 unspecified atom stereocenters. The molecule has 3 heteroatoms. The Morgan fingerprint density at radius 2 is 2.29 bits per heavy atom. The lowest BCUT2D eigenvalue weighted by Crippen LogP contribution is -2.04. The first-order chi connectivity index (χ1) is 6.86. The molecule has 0 radical (unpaired) electrons. The molecule has 0 amide bonds. The van der Waals surface area contributed by atoms with E-state index in [0.29, 0.717) is 5.75 Å². The predicted octanol–water partition coefficient (Wildman–Crippen LogP) is 2.23. The van der Waals surface area contributed by atoms with Crippen LogP contribution >= 0.6 is 0 Å². The molecular weight excluding hydrogens is 176 g/mol. The highest BCUT2D eigenvalue weighted by molar-refractivity contribution is 5.75. The van der Waals surface area contributed by atoms with Crippen molar-refractivity contribution in [3.05, 3.63) is 29.3 Å². The summed E-state index contributed by atoms with van der Waals surface area (Å²) in [6.07, 6.45) is 6.29. The maximum Gasteiger partial charge on any atom is 0.172 e. The monoisotopic (exact) mass is 188 g/mol. The molecule has 1 aromatic rings. The topological polar surface area (TPSA) is 47.6 Å². The van der Waals surface area contributed by atoms with Gasteiger partial charge in [0.2, 0.25) is 0 Å². The Kier molecular flexibility index (Phi) is 2.33. The third-order valence-corrected chi connectivity index (χ3v) is 2.42. The molecule has 0 saturated heterocycles. The second kappa shape index (κ2) is 3.64. The van der Waals surface area contributed by atoms with Crippen molar-refractivity contribution in [2.45, 2.75) is 12.8 Å². The summed E-state index contributed by atoms with van der Waals surface area (Å²) < 4.78 is 0. The van der Waals surface area contributed by atoms with Crippen molar-refractivity contribution in [2.75, 3.05) is 0 Å². The smallest absolute Gasteiger partial charge is 0.172 e. The second-order valence-electron chi connectivity index (χ2n) is 3.20. The van der Waals surface area contributed by atoms with Crippen LogP contribution in [-0.2, 0) is 6.42 Å². The number of rotatable bonds is 2. The fraction of sp³-hybridized carbons (Fsp3) is 0.182. The molecule has 0 spiro atoms. The summed E-state index contributed by atoms with van der Waals surface area (Å²) in [5, 5.41) is 0. The molecule has 2 N–H and O–H groups in total. The maximum absolute atomic E-state index is 5.15.